The van der Waals surface area contributed by atoms with Gasteiger partial charge in [0.25, 0.3) is 0 Å². The van der Waals surface area contributed by atoms with Gasteiger partial charge in [0, 0.05) is 24.5 Å². The van der Waals surface area contributed by atoms with Gasteiger partial charge in [-0.15, -0.1) is 0 Å². The smallest absolute Gasteiger partial charge is 0.416 e. The third-order valence-corrected chi connectivity index (χ3v) is 5.33. The SMILES string of the molecule is CC(C)(C)OC(=O)N1CCC2(CC1)C[C@@H](N)c1cc(C(F)(F)F)ccc12. The molecule has 0 unspecified atom stereocenters. The number of fused-ring (bicyclic) bond motifs is 2. The third-order valence-electron chi connectivity index (χ3n) is 5.33. The van der Waals surface area contributed by atoms with Gasteiger partial charge in [-0.25, -0.2) is 4.79 Å². The lowest BCUT2D eigenvalue weighted by molar-refractivity contribution is -0.137. The zero-order chi connectivity index (χ0) is 19.3. The monoisotopic (exact) mass is 370 g/mol. The molecule has 1 aromatic rings. The molecule has 7 heteroatoms. The highest BCUT2D eigenvalue weighted by Crippen LogP contribution is 2.51. The summed E-state index contributed by atoms with van der Waals surface area (Å²) in [4.78, 5) is 13.9. The number of hydrogen-bond acceptors (Lipinski definition) is 3. The zero-order valence-corrected chi connectivity index (χ0v) is 15.3. The maximum atomic E-state index is 13.0. The minimum absolute atomic E-state index is 0.253. The van der Waals surface area contributed by atoms with Gasteiger partial charge >= 0.3 is 12.3 Å². The van der Waals surface area contributed by atoms with Gasteiger partial charge in [0.1, 0.15) is 5.60 Å². The van der Waals surface area contributed by atoms with Gasteiger partial charge in [-0.2, -0.15) is 13.2 Å². The number of halogens is 3. The van der Waals surface area contributed by atoms with Crippen LogP contribution in [0.15, 0.2) is 18.2 Å². The molecular formula is C19H25F3N2O2. The van der Waals surface area contributed by atoms with Crippen molar-refractivity contribution in [1.29, 1.82) is 0 Å². The lowest BCUT2D eigenvalue weighted by atomic mass is 9.73. The summed E-state index contributed by atoms with van der Waals surface area (Å²) >= 11 is 0. The minimum atomic E-state index is -4.37. The Morgan fingerprint density at radius 3 is 2.38 bits per heavy atom. The predicted octanol–water partition coefficient (Wildman–Crippen LogP) is 4.38. The summed E-state index contributed by atoms with van der Waals surface area (Å²) in [6.45, 7) is 6.49. The molecule has 1 heterocycles. The van der Waals surface area contributed by atoms with Crippen LogP contribution >= 0.6 is 0 Å². The van der Waals surface area contributed by atoms with Crippen molar-refractivity contribution < 1.29 is 22.7 Å². The molecular weight excluding hydrogens is 345 g/mol. The fourth-order valence-corrected chi connectivity index (χ4v) is 4.09. The molecule has 2 aliphatic rings. The molecule has 3 rings (SSSR count). The quantitative estimate of drug-likeness (QED) is 0.737. The van der Waals surface area contributed by atoms with Crippen molar-refractivity contribution in [3.8, 4) is 0 Å². The van der Waals surface area contributed by atoms with Crippen LogP contribution < -0.4 is 5.73 Å². The van der Waals surface area contributed by atoms with Crippen LogP contribution in [0.3, 0.4) is 0 Å². The number of piperidine rings is 1. The van der Waals surface area contributed by atoms with Crippen molar-refractivity contribution in [3.05, 3.63) is 34.9 Å². The molecule has 0 radical (unpaired) electrons. The number of nitrogens with zero attached hydrogens (tertiary/aromatic N) is 1. The van der Waals surface area contributed by atoms with E-state index in [4.69, 9.17) is 10.5 Å². The molecule has 1 saturated heterocycles. The number of nitrogens with two attached hydrogens (primary N) is 1. The average molecular weight is 370 g/mol. The number of hydrogen-bond donors (Lipinski definition) is 1. The van der Waals surface area contributed by atoms with Gasteiger partial charge in [-0.05, 0) is 63.3 Å². The number of rotatable bonds is 0. The first-order valence-electron chi connectivity index (χ1n) is 8.86. The Morgan fingerprint density at radius 1 is 1.23 bits per heavy atom. The Balaban J connectivity index is 1.78. The summed E-state index contributed by atoms with van der Waals surface area (Å²) in [7, 11) is 0. The number of ether oxygens (including phenoxy) is 1. The van der Waals surface area contributed by atoms with Gasteiger partial charge in [0.05, 0.1) is 5.56 Å². The van der Waals surface area contributed by atoms with E-state index in [0.717, 1.165) is 11.6 Å². The molecule has 1 amide bonds. The second-order valence-corrected chi connectivity index (χ2v) is 8.36. The van der Waals surface area contributed by atoms with Crippen LogP contribution in [-0.4, -0.2) is 29.7 Å². The van der Waals surface area contributed by atoms with Crippen LogP contribution in [0.5, 0.6) is 0 Å². The molecule has 1 atom stereocenters. The van der Waals surface area contributed by atoms with Crippen molar-refractivity contribution in [2.24, 2.45) is 5.73 Å². The van der Waals surface area contributed by atoms with Crippen molar-refractivity contribution in [3.63, 3.8) is 0 Å². The summed E-state index contributed by atoms with van der Waals surface area (Å²) in [5.41, 5.74) is 6.20. The molecule has 144 valence electrons. The molecule has 1 aromatic carbocycles. The van der Waals surface area contributed by atoms with E-state index < -0.39 is 23.4 Å². The molecule has 0 bridgehead atoms. The first-order chi connectivity index (χ1) is 11.9. The lowest BCUT2D eigenvalue weighted by Crippen LogP contribution is -2.46. The van der Waals surface area contributed by atoms with Gasteiger partial charge in [-0.3, -0.25) is 0 Å². The van der Waals surface area contributed by atoms with Crippen LogP contribution in [0.25, 0.3) is 0 Å². The van der Waals surface area contributed by atoms with Crippen LogP contribution in [0.2, 0.25) is 0 Å². The molecule has 26 heavy (non-hydrogen) atoms. The van der Waals surface area contributed by atoms with Gasteiger partial charge in [-0.1, -0.05) is 6.07 Å². The standard InChI is InChI=1S/C19H25F3N2O2/c1-17(2,3)26-16(25)24-8-6-18(7-9-24)11-15(23)13-10-12(19(20,21)22)4-5-14(13)18/h4-5,10,15H,6-9,11,23H2,1-3H3/t15-/m1/s1. The Kier molecular flexibility index (Phi) is 4.50. The Bertz CT molecular complexity index is 702. The molecule has 1 aliphatic carbocycles. The molecule has 1 aliphatic heterocycles. The summed E-state index contributed by atoms with van der Waals surface area (Å²) in [6.07, 6.45) is -2.74. The largest absolute Gasteiger partial charge is 0.444 e. The molecule has 0 aromatic heterocycles. The number of likely N-dealkylation sites (tertiary alicyclic amines) is 1. The zero-order valence-electron chi connectivity index (χ0n) is 15.3. The fourth-order valence-electron chi connectivity index (χ4n) is 4.09. The highest BCUT2D eigenvalue weighted by atomic mass is 19.4. The topological polar surface area (TPSA) is 55.6 Å². The summed E-state index contributed by atoms with van der Waals surface area (Å²) in [5, 5.41) is 0. The highest BCUT2D eigenvalue weighted by molar-refractivity contribution is 5.68. The molecule has 4 nitrogen and oxygen atoms in total. The maximum absolute atomic E-state index is 13.0. The number of alkyl halides is 3. The van der Waals surface area contributed by atoms with E-state index in [9.17, 15) is 18.0 Å². The first-order valence-corrected chi connectivity index (χ1v) is 8.86. The number of benzene rings is 1. The van der Waals surface area contributed by atoms with E-state index >= 15 is 0 Å². The van der Waals surface area contributed by atoms with Crippen LogP contribution in [-0.2, 0) is 16.3 Å². The van der Waals surface area contributed by atoms with Crippen LogP contribution in [0.1, 0.15) is 62.8 Å². The molecule has 0 saturated carbocycles. The average Bonchev–Trinajstić information content (AvgIpc) is 2.77. The van der Waals surface area contributed by atoms with E-state index in [-0.39, 0.29) is 11.5 Å². The molecule has 2 N–H and O–H groups in total. The van der Waals surface area contributed by atoms with Gasteiger partial charge in [0.2, 0.25) is 0 Å². The van der Waals surface area contributed by atoms with Crippen molar-refractivity contribution in [2.75, 3.05) is 13.1 Å². The highest BCUT2D eigenvalue weighted by Gasteiger charge is 2.46. The van der Waals surface area contributed by atoms with E-state index in [1.54, 1.807) is 11.0 Å². The van der Waals surface area contributed by atoms with Crippen molar-refractivity contribution >= 4 is 6.09 Å². The molecule has 1 spiro atoms. The lowest BCUT2D eigenvalue weighted by Gasteiger charge is -2.40. The first kappa shape index (κ1) is 19.0. The van der Waals surface area contributed by atoms with E-state index in [0.29, 0.717) is 37.9 Å². The second-order valence-electron chi connectivity index (χ2n) is 8.36. The minimum Gasteiger partial charge on any atom is -0.444 e. The van der Waals surface area contributed by atoms with E-state index in [1.165, 1.54) is 6.07 Å². The number of carbonyl (C=O) groups is 1. The van der Waals surface area contributed by atoms with Crippen molar-refractivity contribution in [2.45, 2.75) is 63.3 Å². The van der Waals surface area contributed by atoms with Crippen molar-refractivity contribution in [1.82, 2.24) is 4.90 Å². The van der Waals surface area contributed by atoms with Crippen LogP contribution in [0, 0.1) is 0 Å². The fraction of sp³-hybridized carbons (Fsp3) is 0.632. The Morgan fingerprint density at radius 2 is 1.85 bits per heavy atom. The van der Waals surface area contributed by atoms with Crippen LogP contribution in [0.4, 0.5) is 18.0 Å². The van der Waals surface area contributed by atoms with Gasteiger partial charge in [0.15, 0.2) is 0 Å². The molecule has 1 fully saturated rings. The number of amides is 1. The summed E-state index contributed by atoms with van der Waals surface area (Å²) in [6, 6.07) is 3.50. The predicted molar refractivity (Wildman–Crippen MR) is 91.7 cm³/mol. The summed E-state index contributed by atoms with van der Waals surface area (Å²) in [5.74, 6) is 0. The van der Waals surface area contributed by atoms with E-state index in [2.05, 4.69) is 0 Å². The second kappa shape index (κ2) is 6.15. The Hall–Kier alpha value is -1.76. The normalized spacial score (nSPS) is 22.4. The maximum Gasteiger partial charge on any atom is 0.416 e. The Labute approximate surface area is 151 Å². The number of carbonyl (C=O) groups excluding carboxylic acids is 1. The van der Waals surface area contributed by atoms with Gasteiger partial charge < -0.3 is 15.4 Å². The third kappa shape index (κ3) is 3.54. The van der Waals surface area contributed by atoms with E-state index in [1.807, 2.05) is 20.8 Å². The summed E-state index contributed by atoms with van der Waals surface area (Å²) < 4.78 is 44.4.